The number of hydrogen-bond donors (Lipinski definition) is 0. The Kier molecular flexibility index (Phi) is 3.15. The zero-order valence-corrected chi connectivity index (χ0v) is 13.0. The second kappa shape index (κ2) is 5.19. The second-order valence-electron chi connectivity index (χ2n) is 5.70. The standard InChI is InChI=1S/C18H17FN4/c1-12-13-6-7-15-17(14(13)11-21-22(12)2)18-16(5-3-9-20-18)23(15)10-4-8-19/h3,5-7,9,11H,1,4,8,10H2,2H3. The van der Waals surface area contributed by atoms with E-state index in [9.17, 15) is 4.39 Å². The average Bonchev–Trinajstić information content (AvgIpc) is 2.90. The van der Waals surface area contributed by atoms with Crippen LogP contribution >= 0.6 is 0 Å². The first-order valence-corrected chi connectivity index (χ1v) is 7.65. The number of aromatic nitrogens is 2. The molecule has 1 aliphatic heterocycles. The van der Waals surface area contributed by atoms with E-state index in [1.165, 1.54) is 0 Å². The summed E-state index contributed by atoms with van der Waals surface area (Å²) in [6.07, 6.45) is 4.15. The molecule has 0 aliphatic carbocycles. The number of fused-ring (bicyclic) bond motifs is 5. The summed E-state index contributed by atoms with van der Waals surface area (Å²) in [4.78, 5) is 4.57. The van der Waals surface area contributed by atoms with Gasteiger partial charge in [-0.2, -0.15) is 5.10 Å². The van der Waals surface area contributed by atoms with Crippen molar-refractivity contribution in [2.45, 2.75) is 13.0 Å². The average molecular weight is 308 g/mol. The number of halogens is 1. The van der Waals surface area contributed by atoms with E-state index in [2.05, 4.69) is 33.4 Å². The molecule has 2 aromatic heterocycles. The first-order valence-electron chi connectivity index (χ1n) is 7.65. The largest absolute Gasteiger partial charge is 0.339 e. The van der Waals surface area contributed by atoms with Gasteiger partial charge in [-0.3, -0.25) is 14.4 Å². The van der Waals surface area contributed by atoms with Gasteiger partial charge in [0.25, 0.3) is 0 Å². The van der Waals surface area contributed by atoms with Crippen molar-refractivity contribution in [1.29, 1.82) is 0 Å². The van der Waals surface area contributed by atoms with Crippen molar-refractivity contribution in [3.63, 3.8) is 0 Å². The molecule has 0 saturated carbocycles. The molecule has 3 aromatic rings. The molecule has 1 aliphatic rings. The fourth-order valence-electron chi connectivity index (χ4n) is 3.25. The van der Waals surface area contributed by atoms with Crippen molar-refractivity contribution in [3.8, 4) is 0 Å². The van der Waals surface area contributed by atoms with Gasteiger partial charge in [-0.15, -0.1) is 0 Å². The summed E-state index contributed by atoms with van der Waals surface area (Å²) < 4.78 is 14.8. The predicted octanol–water partition coefficient (Wildman–Crippen LogP) is 3.80. The van der Waals surface area contributed by atoms with Crippen molar-refractivity contribution < 1.29 is 4.39 Å². The Morgan fingerprint density at radius 3 is 2.91 bits per heavy atom. The summed E-state index contributed by atoms with van der Waals surface area (Å²) in [5, 5.41) is 7.22. The lowest BCUT2D eigenvalue weighted by molar-refractivity contribution is 0.452. The highest BCUT2D eigenvalue weighted by atomic mass is 19.1. The lowest BCUT2D eigenvalue weighted by atomic mass is 10.00. The Balaban J connectivity index is 2.09. The van der Waals surface area contributed by atoms with Crippen LogP contribution in [0.3, 0.4) is 0 Å². The van der Waals surface area contributed by atoms with Gasteiger partial charge in [-0.05, 0) is 24.6 Å². The van der Waals surface area contributed by atoms with E-state index in [0.717, 1.165) is 38.8 Å². The molecule has 23 heavy (non-hydrogen) atoms. The molecule has 0 spiro atoms. The van der Waals surface area contributed by atoms with Crippen molar-refractivity contribution in [1.82, 2.24) is 14.6 Å². The Morgan fingerprint density at radius 2 is 2.09 bits per heavy atom. The number of hydrazone groups is 1. The quantitative estimate of drug-likeness (QED) is 0.737. The molecule has 0 N–H and O–H groups in total. The number of alkyl halides is 1. The third-order valence-electron chi connectivity index (χ3n) is 4.41. The Labute approximate surface area is 133 Å². The molecule has 0 saturated heterocycles. The normalized spacial score (nSPS) is 14.0. The third-order valence-corrected chi connectivity index (χ3v) is 4.41. The van der Waals surface area contributed by atoms with Crippen LogP contribution in [0.1, 0.15) is 17.5 Å². The number of aryl methyl sites for hydroxylation is 1. The van der Waals surface area contributed by atoms with Crippen LogP contribution in [-0.2, 0) is 6.54 Å². The molecule has 3 heterocycles. The van der Waals surface area contributed by atoms with E-state index in [1.54, 1.807) is 11.2 Å². The van der Waals surface area contributed by atoms with E-state index < -0.39 is 0 Å². The minimum Gasteiger partial charge on any atom is -0.339 e. The maximum absolute atomic E-state index is 12.7. The molecule has 1 aromatic carbocycles. The Bertz CT molecular complexity index is 954. The van der Waals surface area contributed by atoms with Crippen LogP contribution in [0.25, 0.3) is 27.6 Å². The molecule has 4 rings (SSSR count). The lowest BCUT2D eigenvalue weighted by Crippen LogP contribution is -2.15. The zero-order valence-electron chi connectivity index (χ0n) is 13.0. The second-order valence-corrected chi connectivity index (χ2v) is 5.70. The van der Waals surface area contributed by atoms with Gasteiger partial charge < -0.3 is 4.57 Å². The number of nitrogens with zero attached hydrogens (tertiary/aromatic N) is 4. The molecule has 0 fully saturated rings. The highest BCUT2D eigenvalue weighted by molar-refractivity contribution is 6.16. The molecule has 5 heteroatoms. The van der Waals surface area contributed by atoms with E-state index in [4.69, 9.17) is 0 Å². The van der Waals surface area contributed by atoms with Gasteiger partial charge >= 0.3 is 0 Å². The lowest BCUT2D eigenvalue weighted by Gasteiger charge is -2.22. The minimum absolute atomic E-state index is 0.324. The van der Waals surface area contributed by atoms with Crippen molar-refractivity contribution in [3.05, 3.63) is 48.2 Å². The topological polar surface area (TPSA) is 33.4 Å². The fourth-order valence-corrected chi connectivity index (χ4v) is 3.25. The Hall–Kier alpha value is -2.69. The molecular weight excluding hydrogens is 291 g/mol. The van der Waals surface area contributed by atoms with Crippen LogP contribution in [0.5, 0.6) is 0 Å². The number of benzene rings is 1. The molecular formula is C18H17FN4. The molecule has 0 unspecified atom stereocenters. The number of rotatable bonds is 3. The summed E-state index contributed by atoms with van der Waals surface area (Å²) in [5.41, 5.74) is 5.99. The van der Waals surface area contributed by atoms with Crippen LogP contribution in [0.15, 0.2) is 42.1 Å². The van der Waals surface area contributed by atoms with Crippen LogP contribution in [0, 0.1) is 0 Å². The maximum atomic E-state index is 12.7. The molecule has 4 nitrogen and oxygen atoms in total. The summed E-state index contributed by atoms with van der Waals surface area (Å²) in [6.45, 7) is 4.43. The number of pyridine rings is 1. The van der Waals surface area contributed by atoms with Crippen molar-refractivity contribution >= 4 is 33.8 Å². The smallest absolute Gasteiger partial charge is 0.0966 e. The van der Waals surface area contributed by atoms with E-state index in [1.807, 2.05) is 25.4 Å². The van der Waals surface area contributed by atoms with Gasteiger partial charge in [0.15, 0.2) is 0 Å². The van der Waals surface area contributed by atoms with Gasteiger partial charge in [-0.1, -0.05) is 12.6 Å². The van der Waals surface area contributed by atoms with Gasteiger partial charge in [0, 0.05) is 36.3 Å². The van der Waals surface area contributed by atoms with Crippen molar-refractivity contribution in [2.24, 2.45) is 5.10 Å². The predicted molar refractivity (Wildman–Crippen MR) is 92.2 cm³/mol. The summed E-state index contributed by atoms with van der Waals surface area (Å²) >= 11 is 0. The zero-order chi connectivity index (χ0) is 16.0. The van der Waals surface area contributed by atoms with Gasteiger partial charge in [-0.25, -0.2) is 0 Å². The van der Waals surface area contributed by atoms with Gasteiger partial charge in [0.05, 0.1) is 35.1 Å². The van der Waals surface area contributed by atoms with Crippen LogP contribution < -0.4 is 0 Å². The fraction of sp³-hybridized carbons (Fsp3) is 0.222. The van der Waals surface area contributed by atoms with Crippen LogP contribution in [0.4, 0.5) is 4.39 Å². The highest BCUT2D eigenvalue weighted by Gasteiger charge is 2.21. The highest BCUT2D eigenvalue weighted by Crippen LogP contribution is 2.35. The van der Waals surface area contributed by atoms with E-state index in [-0.39, 0.29) is 6.67 Å². The van der Waals surface area contributed by atoms with Gasteiger partial charge in [0.2, 0.25) is 0 Å². The summed E-state index contributed by atoms with van der Waals surface area (Å²) in [7, 11) is 1.88. The maximum Gasteiger partial charge on any atom is 0.0966 e. The molecule has 0 amide bonds. The molecule has 116 valence electrons. The van der Waals surface area contributed by atoms with E-state index >= 15 is 0 Å². The minimum atomic E-state index is -0.324. The third kappa shape index (κ3) is 1.96. The summed E-state index contributed by atoms with van der Waals surface area (Å²) in [6, 6.07) is 8.09. The first kappa shape index (κ1) is 13.9. The molecule has 0 bridgehead atoms. The summed E-state index contributed by atoms with van der Waals surface area (Å²) in [5.74, 6) is 0. The van der Waals surface area contributed by atoms with E-state index in [0.29, 0.717) is 13.0 Å². The van der Waals surface area contributed by atoms with Gasteiger partial charge in [0.1, 0.15) is 0 Å². The molecule has 0 radical (unpaired) electrons. The number of hydrogen-bond acceptors (Lipinski definition) is 3. The van der Waals surface area contributed by atoms with Crippen molar-refractivity contribution in [2.75, 3.05) is 13.7 Å². The van der Waals surface area contributed by atoms with Crippen LogP contribution in [-0.4, -0.2) is 34.5 Å². The first-order chi connectivity index (χ1) is 11.2. The van der Waals surface area contributed by atoms with Crippen LogP contribution in [0.2, 0.25) is 0 Å². The molecule has 0 atom stereocenters. The SMILES string of the molecule is C=C1c2ccc3c(c2C=NN1C)c1ncccc1n3CCCF. The Morgan fingerprint density at radius 1 is 1.22 bits per heavy atom. The monoisotopic (exact) mass is 308 g/mol.